The summed E-state index contributed by atoms with van der Waals surface area (Å²) in [6, 6.07) is 16.3. The van der Waals surface area contributed by atoms with Gasteiger partial charge >= 0.3 is 0 Å². The van der Waals surface area contributed by atoms with Crippen LogP contribution in [-0.2, 0) is 0 Å². The summed E-state index contributed by atoms with van der Waals surface area (Å²) in [4.78, 5) is 17.2. The van der Waals surface area contributed by atoms with Gasteiger partial charge in [-0.15, -0.1) is 0 Å². The summed E-state index contributed by atoms with van der Waals surface area (Å²) < 4.78 is 5.89. The maximum atomic E-state index is 12.6. The van der Waals surface area contributed by atoms with E-state index in [2.05, 4.69) is 10.3 Å². The van der Waals surface area contributed by atoms with Crippen LogP contribution in [-0.4, -0.2) is 10.9 Å². The van der Waals surface area contributed by atoms with E-state index in [1.165, 1.54) is 0 Å². The van der Waals surface area contributed by atoms with Crippen molar-refractivity contribution < 1.29 is 9.21 Å². The minimum absolute atomic E-state index is 0.299. The SMILES string of the molecule is Cc1ccc2nc(-c3ccc(C)c(NC(=O)c4ccc(Cl)cc4Cl)c3)oc2c1. The van der Waals surface area contributed by atoms with Crippen molar-refractivity contribution in [3.8, 4) is 11.5 Å². The predicted octanol–water partition coefficient (Wildman–Crippen LogP) is 6.67. The van der Waals surface area contributed by atoms with E-state index in [1.807, 2.05) is 50.2 Å². The number of nitrogens with zero attached hydrogens (tertiary/aromatic N) is 1. The van der Waals surface area contributed by atoms with E-state index < -0.39 is 0 Å². The van der Waals surface area contributed by atoms with E-state index in [9.17, 15) is 4.79 Å². The average Bonchev–Trinajstić information content (AvgIpc) is 3.06. The minimum Gasteiger partial charge on any atom is -0.436 e. The molecule has 0 aliphatic rings. The van der Waals surface area contributed by atoms with Crippen LogP contribution in [0.2, 0.25) is 10.0 Å². The molecule has 3 aromatic carbocycles. The molecule has 1 N–H and O–H groups in total. The third kappa shape index (κ3) is 3.61. The van der Waals surface area contributed by atoms with Gasteiger partial charge < -0.3 is 9.73 Å². The number of nitrogens with one attached hydrogen (secondary N) is 1. The van der Waals surface area contributed by atoms with Gasteiger partial charge in [0.05, 0.1) is 10.6 Å². The molecule has 1 heterocycles. The van der Waals surface area contributed by atoms with Gasteiger partial charge in [0.25, 0.3) is 5.91 Å². The van der Waals surface area contributed by atoms with E-state index in [4.69, 9.17) is 27.6 Å². The highest BCUT2D eigenvalue weighted by molar-refractivity contribution is 6.37. The summed E-state index contributed by atoms with van der Waals surface area (Å²) >= 11 is 12.1. The predicted molar refractivity (Wildman–Crippen MR) is 113 cm³/mol. The zero-order valence-corrected chi connectivity index (χ0v) is 16.7. The molecule has 4 aromatic rings. The number of rotatable bonds is 3. The first-order valence-corrected chi connectivity index (χ1v) is 9.41. The number of carbonyl (C=O) groups excluding carboxylic acids is 1. The molecule has 1 amide bonds. The third-order valence-corrected chi connectivity index (χ3v) is 5.00. The van der Waals surface area contributed by atoms with Crippen LogP contribution in [0.3, 0.4) is 0 Å². The molecule has 4 rings (SSSR count). The zero-order valence-electron chi connectivity index (χ0n) is 15.2. The number of benzene rings is 3. The fraction of sp³-hybridized carbons (Fsp3) is 0.0909. The number of anilines is 1. The van der Waals surface area contributed by atoms with Gasteiger partial charge in [-0.05, 0) is 67.4 Å². The van der Waals surface area contributed by atoms with Crippen molar-refractivity contribution in [2.75, 3.05) is 5.32 Å². The molecule has 0 atom stereocenters. The molecule has 0 aliphatic heterocycles. The lowest BCUT2D eigenvalue weighted by Gasteiger charge is -2.11. The van der Waals surface area contributed by atoms with Crippen LogP contribution in [0.5, 0.6) is 0 Å². The Morgan fingerprint density at radius 3 is 2.61 bits per heavy atom. The van der Waals surface area contributed by atoms with Crippen LogP contribution in [0.4, 0.5) is 5.69 Å². The summed E-state index contributed by atoms with van der Waals surface area (Å²) in [5.74, 6) is 0.190. The van der Waals surface area contributed by atoms with Crippen LogP contribution in [0.25, 0.3) is 22.6 Å². The summed E-state index contributed by atoms with van der Waals surface area (Å²) in [5.41, 5.74) is 5.33. The van der Waals surface area contributed by atoms with Crippen LogP contribution >= 0.6 is 23.2 Å². The Morgan fingerprint density at radius 2 is 1.82 bits per heavy atom. The Hall–Kier alpha value is -2.82. The van der Waals surface area contributed by atoms with Crippen LogP contribution in [0.15, 0.2) is 59.0 Å². The number of hydrogen-bond donors (Lipinski definition) is 1. The Bertz CT molecular complexity index is 1210. The van der Waals surface area contributed by atoms with E-state index in [-0.39, 0.29) is 5.91 Å². The molecule has 6 heteroatoms. The van der Waals surface area contributed by atoms with Crippen LogP contribution in [0.1, 0.15) is 21.5 Å². The zero-order chi connectivity index (χ0) is 19.8. The molecular formula is C22H16Cl2N2O2. The van der Waals surface area contributed by atoms with Gasteiger partial charge in [0.15, 0.2) is 5.58 Å². The molecule has 0 saturated heterocycles. The van der Waals surface area contributed by atoms with Gasteiger partial charge in [-0.2, -0.15) is 0 Å². The second kappa shape index (κ2) is 7.30. The first-order chi connectivity index (χ1) is 13.4. The Kier molecular flexibility index (Phi) is 4.84. The molecule has 0 unspecified atom stereocenters. The van der Waals surface area contributed by atoms with Gasteiger partial charge in [-0.25, -0.2) is 4.98 Å². The molecule has 4 nitrogen and oxygen atoms in total. The number of aryl methyl sites for hydroxylation is 2. The summed E-state index contributed by atoms with van der Waals surface area (Å²) in [6.45, 7) is 3.92. The minimum atomic E-state index is -0.310. The van der Waals surface area contributed by atoms with Crippen LogP contribution in [0, 0.1) is 13.8 Å². The molecule has 0 bridgehead atoms. The van der Waals surface area contributed by atoms with Crippen molar-refractivity contribution in [2.24, 2.45) is 0 Å². The smallest absolute Gasteiger partial charge is 0.257 e. The lowest BCUT2D eigenvalue weighted by atomic mass is 10.1. The van der Waals surface area contributed by atoms with Crippen molar-refractivity contribution >= 4 is 45.9 Å². The Balaban J connectivity index is 1.67. The molecule has 0 spiro atoms. The number of hydrogen-bond acceptors (Lipinski definition) is 3. The summed E-state index contributed by atoms with van der Waals surface area (Å²) in [6.07, 6.45) is 0. The molecule has 28 heavy (non-hydrogen) atoms. The number of fused-ring (bicyclic) bond motifs is 1. The summed E-state index contributed by atoms with van der Waals surface area (Å²) in [7, 11) is 0. The highest BCUT2D eigenvalue weighted by Crippen LogP contribution is 2.29. The molecule has 0 saturated carbocycles. The van der Waals surface area contributed by atoms with E-state index >= 15 is 0 Å². The second-order valence-electron chi connectivity index (χ2n) is 6.60. The molecule has 0 fully saturated rings. The van der Waals surface area contributed by atoms with Crippen molar-refractivity contribution in [3.63, 3.8) is 0 Å². The van der Waals surface area contributed by atoms with Crippen molar-refractivity contribution in [1.29, 1.82) is 0 Å². The maximum Gasteiger partial charge on any atom is 0.257 e. The summed E-state index contributed by atoms with van der Waals surface area (Å²) in [5, 5.41) is 3.68. The number of oxazole rings is 1. The van der Waals surface area contributed by atoms with Gasteiger partial charge in [-0.3, -0.25) is 4.79 Å². The number of carbonyl (C=O) groups is 1. The van der Waals surface area contributed by atoms with Gasteiger partial charge in [0, 0.05) is 16.3 Å². The fourth-order valence-electron chi connectivity index (χ4n) is 2.91. The largest absolute Gasteiger partial charge is 0.436 e. The molecule has 140 valence electrons. The lowest BCUT2D eigenvalue weighted by Crippen LogP contribution is -2.13. The normalized spacial score (nSPS) is 11.0. The van der Waals surface area contributed by atoms with E-state index in [1.54, 1.807) is 18.2 Å². The topological polar surface area (TPSA) is 55.1 Å². The van der Waals surface area contributed by atoms with Crippen molar-refractivity contribution in [1.82, 2.24) is 4.98 Å². The second-order valence-corrected chi connectivity index (χ2v) is 7.44. The van der Waals surface area contributed by atoms with Gasteiger partial charge in [0.1, 0.15) is 5.52 Å². The van der Waals surface area contributed by atoms with Gasteiger partial charge in [0.2, 0.25) is 5.89 Å². The molecular weight excluding hydrogens is 395 g/mol. The quantitative estimate of drug-likeness (QED) is 0.410. The number of amides is 1. The monoisotopic (exact) mass is 410 g/mol. The van der Waals surface area contributed by atoms with E-state index in [0.717, 1.165) is 27.8 Å². The average molecular weight is 411 g/mol. The Morgan fingerprint density at radius 1 is 1.00 bits per heavy atom. The first kappa shape index (κ1) is 18.5. The third-order valence-electron chi connectivity index (χ3n) is 4.45. The highest BCUT2D eigenvalue weighted by atomic mass is 35.5. The number of aromatic nitrogens is 1. The standard InChI is InChI=1S/C22H16Cl2N2O2/c1-12-3-8-18-20(9-12)28-22(26-18)14-5-4-13(2)19(10-14)25-21(27)16-7-6-15(23)11-17(16)24/h3-11H,1-2H3,(H,25,27). The van der Waals surface area contributed by atoms with Crippen molar-refractivity contribution in [3.05, 3.63) is 81.3 Å². The molecule has 0 radical (unpaired) electrons. The van der Waals surface area contributed by atoms with E-state index in [0.29, 0.717) is 27.2 Å². The fourth-order valence-corrected chi connectivity index (χ4v) is 3.40. The highest BCUT2D eigenvalue weighted by Gasteiger charge is 2.14. The van der Waals surface area contributed by atoms with Crippen molar-refractivity contribution in [2.45, 2.75) is 13.8 Å². The molecule has 0 aliphatic carbocycles. The first-order valence-electron chi connectivity index (χ1n) is 8.65. The lowest BCUT2D eigenvalue weighted by molar-refractivity contribution is 0.102. The van der Waals surface area contributed by atoms with Gasteiger partial charge in [-0.1, -0.05) is 35.3 Å². The Labute approximate surface area is 172 Å². The molecule has 1 aromatic heterocycles. The van der Waals surface area contributed by atoms with Crippen LogP contribution < -0.4 is 5.32 Å². The number of halogens is 2. The maximum absolute atomic E-state index is 12.6.